The molecule has 2 aliphatic rings. The van der Waals surface area contributed by atoms with Crippen molar-refractivity contribution in [2.45, 2.75) is 38.4 Å². The van der Waals surface area contributed by atoms with Crippen LogP contribution in [0.15, 0.2) is 18.2 Å². The zero-order valence-corrected chi connectivity index (χ0v) is 11.3. The summed E-state index contributed by atoms with van der Waals surface area (Å²) in [4.78, 5) is 25.4. The van der Waals surface area contributed by atoms with Crippen molar-refractivity contribution in [2.24, 2.45) is 0 Å². The van der Waals surface area contributed by atoms with Crippen LogP contribution >= 0.6 is 0 Å². The van der Waals surface area contributed by atoms with Crippen molar-refractivity contribution in [1.29, 1.82) is 0 Å². The Labute approximate surface area is 117 Å². The van der Waals surface area contributed by atoms with E-state index in [1.165, 1.54) is 10.5 Å². The highest BCUT2D eigenvalue weighted by atomic mass is 16.4. The minimum absolute atomic E-state index is 0.160. The van der Waals surface area contributed by atoms with Crippen molar-refractivity contribution >= 4 is 11.9 Å². The number of rotatable bonds is 2. The lowest BCUT2D eigenvalue weighted by atomic mass is 9.99. The maximum absolute atomic E-state index is 12.6. The van der Waals surface area contributed by atoms with Gasteiger partial charge in [0.05, 0.1) is 0 Å². The summed E-state index contributed by atoms with van der Waals surface area (Å²) in [6.07, 6.45) is 2.30. The zero-order chi connectivity index (χ0) is 14.1. The van der Waals surface area contributed by atoms with Crippen molar-refractivity contribution in [1.82, 2.24) is 10.2 Å². The van der Waals surface area contributed by atoms with E-state index in [4.69, 9.17) is 0 Å². The van der Waals surface area contributed by atoms with E-state index in [0.29, 0.717) is 18.5 Å². The molecule has 20 heavy (non-hydrogen) atoms. The van der Waals surface area contributed by atoms with Crippen LogP contribution in [-0.4, -0.2) is 34.5 Å². The Kier molecular flexibility index (Phi) is 3.44. The van der Waals surface area contributed by atoms with Crippen LogP contribution in [0, 0.1) is 0 Å². The van der Waals surface area contributed by atoms with Crippen LogP contribution in [0.2, 0.25) is 0 Å². The highest BCUT2D eigenvalue weighted by Gasteiger charge is 2.32. The number of benzene rings is 1. The van der Waals surface area contributed by atoms with Crippen molar-refractivity contribution in [3.05, 3.63) is 34.9 Å². The second-order valence-corrected chi connectivity index (χ2v) is 5.44. The number of carboxylic acids is 1. The molecule has 1 atom stereocenters. The van der Waals surface area contributed by atoms with Gasteiger partial charge in [0.2, 0.25) is 0 Å². The van der Waals surface area contributed by atoms with Gasteiger partial charge in [-0.15, -0.1) is 0 Å². The summed E-state index contributed by atoms with van der Waals surface area (Å²) < 4.78 is 0. The summed E-state index contributed by atoms with van der Waals surface area (Å²) in [6, 6.07) is 4.98. The fourth-order valence-electron chi connectivity index (χ4n) is 3.03. The minimum atomic E-state index is -0.902. The molecule has 5 nitrogen and oxygen atoms in total. The van der Waals surface area contributed by atoms with Gasteiger partial charge in [0.25, 0.3) is 5.91 Å². The van der Waals surface area contributed by atoms with Gasteiger partial charge in [0.1, 0.15) is 6.04 Å². The Hall–Kier alpha value is -1.88. The van der Waals surface area contributed by atoms with E-state index in [1.807, 2.05) is 18.2 Å². The zero-order valence-electron chi connectivity index (χ0n) is 11.3. The van der Waals surface area contributed by atoms with Gasteiger partial charge in [-0.3, -0.25) is 4.79 Å². The summed E-state index contributed by atoms with van der Waals surface area (Å²) in [5, 5.41) is 12.5. The van der Waals surface area contributed by atoms with Gasteiger partial charge in [0.15, 0.2) is 0 Å². The minimum Gasteiger partial charge on any atom is -0.480 e. The Bertz CT molecular complexity index is 556. The normalized spacial score (nSPS) is 21.6. The van der Waals surface area contributed by atoms with Crippen LogP contribution in [-0.2, 0) is 17.9 Å². The van der Waals surface area contributed by atoms with Crippen LogP contribution in [0.3, 0.4) is 0 Å². The van der Waals surface area contributed by atoms with Gasteiger partial charge in [-0.25, -0.2) is 4.79 Å². The molecule has 0 radical (unpaired) electrons. The molecule has 3 rings (SSSR count). The molecular weight excluding hydrogens is 256 g/mol. The quantitative estimate of drug-likeness (QED) is 0.854. The van der Waals surface area contributed by atoms with Gasteiger partial charge in [-0.05, 0) is 42.5 Å². The van der Waals surface area contributed by atoms with Crippen LogP contribution in [0.5, 0.6) is 0 Å². The molecular formula is C15H18N2O3. The lowest BCUT2D eigenvalue weighted by molar-refractivity contribution is -0.143. The van der Waals surface area contributed by atoms with E-state index in [9.17, 15) is 14.7 Å². The molecule has 1 aromatic carbocycles. The number of hydrogen-bond acceptors (Lipinski definition) is 3. The first-order valence-corrected chi connectivity index (χ1v) is 7.03. The Balaban J connectivity index is 1.85. The second kappa shape index (κ2) is 5.25. The summed E-state index contributed by atoms with van der Waals surface area (Å²) >= 11 is 0. The molecule has 0 aromatic heterocycles. The van der Waals surface area contributed by atoms with E-state index < -0.39 is 12.0 Å². The molecule has 0 saturated carbocycles. The molecule has 1 unspecified atom stereocenters. The largest absolute Gasteiger partial charge is 0.480 e. The number of fused-ring (bicyclic) bond motifs is 1. The standard InChI is InChI=1S/C15H18N2O3/c18-14(17-6-2-1-3-13(17)15(19)20)10-4-5-11-8-16-9-12(11)7-10/h4-5,7,13,16H,1-3,6,8-9H2,(H,19,20). The van der Waals surface area contributed by atoms with E-state index in [0.717, 1.165) is 31.5 Å². The van der Waals surface area contributed by atoms with E-state index in [-0.39, 0.29) is 5.91 Å². The number of carboxylic acid groups (broad SMARTS) is 1. The SMILES string of the molecule is O=C(O)C1CCCCN1C(=O)c1ccc2c(c1)CNC2. The van der Waals surface area contributed by atoms with Gasteiger partial charge in [0, 0.05) is 25.2 Å². The number of piperidine rings is 1. The average molecular weight is 274 g/mol. The van der Waals surface area contributed by atoms with Gasteiger partial charge in [-0.1, -0.05) is 6.07 Å². The molecule has 0 spiro atoms. The highest BCUT2D eigenvalue weighted by molar-refractivity contribution is 5.97. The molecule has 0 bridgehead atoms. The molecule has 1 saturated heterocycles. The van der Waals surface area contributed by atoms with Gasteiger partial charge in [-0.2, -0.15) is 0 Å². The van der Waals surface area contributed by atoms with Gasteiger partial charge >= 0.3 is 5.97 Å². The number of nitrogens with one attached hydrogen (secondary N) is 1. The molecule has 0 aliphatic carbocycles. The fraction of sp³-hybridized carbons (Fsp3) is 0.467. The Morgan fingerprint density at radius 1 is 1.20 bits per heavy atom. The lowest BCUT2D eigenvalue weighted by Gasteiger charge is -2.33. The summed E-state index contributed by atoms with van der Waals surface area (Å²) in [6.45, 7) is 2.15. The topological polar surface area (TPSA) is 69.6 Å². The van der Waals surface area contributed by atoms with Crippen molar-refractivity contribution < 1.29 is 14.7 Å². The third kappa shape index (κ3) is 2.29. The van der Waals surface area contributed by atoms with E-state index >= 15 is 0 Å². The number of amides is 1. The lowest BCUT2D eigenvalue weighted by Crippen LogP contribution is -2.48. The van der Waals surface area contributed by atoms with Crippen molar-refractivity contribution in [2.75, 3.05) is 6.54 Å². The predicted molar refractivity (Wildman–Crippen MR) is 73.3 cm³/mol. The number of likely N-dealkylation sites (tertiary alicyclic amines) is 1. The van der Waals surface area contributed by atoms with Crippen LogP contribution < -0.4 is 5.32 Å². The molecule has 2 heterocycles. The van der Waals surface area contributed by atoms with Gasteiger partial charge < -0.3 is 15.3 Å². The third-order valence-corrected chi connectivity index (χ3v) is 4.13. The number of hydrogen-bond donors (Lipinski definition) is 2. The fourth-order valence-corrected chi connectivity index (χ4v) is 3.03. The molecule has 2 aliphatic heterocycles. The third-order valence-electron chi connectivity index (χ3n) is 4.13. The average Bonchev–Trinajstić information content (AvgIpc) is 2.93. The number of carbonyl (C=O) groups is 2. The maximum Gasteiger partial charge on any atom is 0.326 e. The number of aliphatic carboxylic acids is 1. The van der Waals surface area contributed by atoms with Crippen LogP contribution in [0.1, 0.15) is 40.7 Å². The monoisotopic (exact) mass is 274 g/mol. The van der Waals surface area contributed by atoms with E-state index in [1.54, 1.807) is 0 Å². The molecule has 5 heteroatoms. The second-order valence-electron chi connectivity index (χ2n) is 5.44. The molecule has 2 N–H and O–H groups in total. The Morgan fingerprint density at radius 2 is 2.00 bits per heavy atom. The van der Waals surface area contributed by atoms with Crippen molar-refractivity contribution in [3.8, 4) is 0 Å². The van der Waals surface area contributed by atoms with Crippen LogP contribution in [0.4, 0.5) is 0 Å². The first kappa shape index (κ1) is 13.1. The molecule has 1 amide bonds. The smallest absolute Gasteiger partial charge is 0.326 e. The molecule has 1 aromatic rings. The highest BCUT2D eigenvalue weighted by Crippen LogP contribution is 2.22. The number of carbonyl (C=O) groups excluding carboxylic acids is 1. The molecule has 1 fully saturated rings. The maximum atomic E-state index is 12.6. The molecule has 106 valence electrons. The summed E-state index contributed by atoms with van der Waals surface area (Å²) in [5.74, 6) is -1.06. The first-order valence-electron chi connectivity index (χ1n) is 7.03. The predicted octanol–water partition coefficient (Wildman–Crippen LogP) is 1.37. The van der Waals surface area contributed by atoms with Crippen molar-refractivity contribution in [3.63, 3.8) is 0 Å². The van der Waals surface area contributed by atoms with E-state index in [2.05, 4.69) is 5.32 Å². The van der Waals surface area contributed by atoms with Crippen LogP contribution in [0.25, 0.3) is 0 Å². The first-order chi connectivity index (χ1) is 9.66. The number of nitrogens with zero attached hydrogens (tertiary/aromatic N) is 1. The Morgan fingerprint density at radius 3 is 2.80 bits per heavy atom. The summed E-state index contributed by atoms with van der Waals surface area (Å²) in [7, 11) is 0. The summed E-state index contributed by atoms with van der Waals surface area (Å²) in [5.41, 5.74) is 2.95.